The van der Waals surface area contributed by atoms with Crippen LogP contribution in [0.3, 0.4) is 0 Å². The molecule has 4 rings (SSSR count). The first-order chi connectivity index (χ1) is 10.3. The zero-order chi connectivity index (χ0) is 14.2. The molecule has 0 saturated carbocycles. The van der Waals surface area contributed by atoms with Crippen LogP contribution in [0.1, 0.15) is 0 Å². The summed E-state index contributed by atoms with van der Waals surface area (Å²) in [5.74, 6) is 0.600. The number of hydrogen-bond donors (Lipinski definition) is 2. The van der Waals surface area contributed by atoms with Crippen LogP contribution < -0.4 is 11.1 Å². The summed E-state index contributed by atoms with van der Waals surface area (Å²) in [7, 11) is 0. The quantitative estimate of drug-likeness (QED) is 0.544. The Hall–Kier alpha value is -3.22. The lowest BCUT2D eigenvalue weighted by Gasteiger charge is -2.08. The summed E-state index contributed by atoms with van der Waals surface area (Å²) in [5.41, 5.74) is 9.52. The van der Waals surface area contributed by atoms with E-state index in [-0.39, 0.29) is 0 Å². The van der Waals surface area contributed by atoms with Crippen LogP contribution in [0.4, 0.5) is 17.2 Å². The van der Waals surface area contributed by atoms with Gasteiger partial charge >= 0.3 is 0 Å². The van der Waals surface area contributed by atoms with Crippen LogP contribution in [0.2, 0.25) is 0 Å². The zero-order valence-electron chi connectivity index (χ0n) is 10.9. The molecule has 0 spiro atoms. The number of nitrogen functional groups attached to an aromatic ring is 1. The number of nitrogens with two attached hydrogens (primary N) is 1. The second-order valence-electron chi connectivity index (χ2n) is 4.61. The van der Waals surface area contributed by atoms with Crippen LogP contribution in [-0.4, -0.2) is 25.0 Å². The molecule has 2 aromatic carbocycles. The van der Waals surface area contributed by atoms with Gasteiger partial charge in [-0.1, -0.05) is 12.1 Å². The van der Waals surface area contributed by atoms with Crippen LogP contribution in [0.25, 0.3) is 16.7 Å². The molecule has 0 fully saturated rings. The second-order valence-corrected chi connectivity index (χ2v) is 4.61. The molecule has 2 heterocycles. The molecule has 7 heteroatoms. The van der Waals surface area contributed by atoms with Gasteiger partial charge in [-0.3, -0.25) is 0 Å². The summed E-state index contributed by atoms with van der Waals surface area (Å²) in [6, 6.07) is 15.1. The highest BCUT2D eigenvalue weighted by Crippen LogP contribution is 2.22. The number of fused-ring (bicyclic) bond motifs is 3. The number of anilines is 3. The standard InChI is InChI=1S/C14H11N7/c15-9-5-7-10(8-6-9)16-13-14-18-19-20-21(14)12-4-2-1-3-11(12)17-13/h1-8H,15H2,(H,16,17). The van der Waals surface area contributed by atoms with E-state index in [1.807, 2.05) is 48.5 Å². The van der Waals surface area contributed by atoms with Gasteiger partial charge in [0.25, 0.3) is 0 Å². The number of rotatable bonds is 2. The molecule has 3 N–H and O–H groups in total. The van der Waals surface area contributed by atoms with Gasteiger partial charge < -0.3 is 11.1 Å². The van der Waals surface area contributed by atoms with Crippen molar-refractivity contribution in [2.45, 2.75) is 0 Å². The van der Waals surface area contributed by atoms with Crippen molar-refractivity contribution in [3.8, 4) is 0 Å². The van der Waals surface area contributed by atoms with E-state index in [4.69, 9.17) is 5.73 Å². The van der Waals surface area contributed by atoms with E-state index in [0.29, 0.717) is 17.2 Å². The Balaban J connectivity index is 1.90. The molecule has 0 amide bonds. The van der Waals surface area contributed by atoms with Gasteiger partial charge in [-0.15, -0.1) is 5.10 Å². The molecule has 0 unspecified atom stereocenters. The summed E-state index contributed by atoms with van der Waals surface area (Å²) >= 11 is 0. The minimum Gasteiger partial charge on any atom is -0.399 e. The van der Waals surface area contributed by atoms with Crippen LogP contribution >= 0.6 is 0 Å². The van der Waals surface area contributed by atoms with E-state index in [1.165, 1.54) is 0 Å². The van der Waals surface area contributed by atoms with E-state index in [1.54, 1.807) is 4.52 Å². The lowest BCUT2D eigenvalue weighted by molar-refractivity contribution is 0.841. The number of tetrazole rings is 1. The number of benzene rings is 2. The number of para-hydroxylation sites is 2. The minimum atomic E-state index is 0.575. The monoisotopic (exact) mass is 277 g/mol. The van der Waals surface area contributed by atoms with Gasteiger partial charge in [-0.2, -0.15) is 4.52 Å². The Bertz CT molecular complexity index is 927. The van der Waals surface area contributed by atoms with Crippen LogP contribution in [0.5, 0.6) is 0 Å². The van der Waals surface area contributed by atoms with E-state index < -0.39 is 0 Å². The van der Waals surface area contributed by atoms with Crippen LogP contribution in [0, 0.1) is 0 Å². The average molecular weight is 277 g/mol. The lowest BCUT2D eigenvalue weighted by atomic mass is 10.3. The molecule has 0 radical (unpaired) electrons. The van der Waals surface area contributed by atoms with E-state index in [0.717, 1.165) is 16.7 Å². The summed E-state index contributed by atoms with van der Waals surface area (Å²) in [4.78, 5) is 4.59. The maximum Gasteiger partial charge on any atom is 0.222 e. The predicted octanol–water partition coefficient (Wildman–Crippen LogP) is 2.00. The fourth-order valence-corrected chi connectivity index (χ4v) is 2.19. The molecule has 0 aliphatic heterocycles. The summed E-state index contributed by atoms with van der Waals surface area (Å²) in [5, 5.41) is 15.0. The van der Waals surface area contributed by atoms with Gasteiger partial charge in [0.2, 0.25) is 5.65 Å². The Kier molecular flexibility index (Phi) is 2.43. The van der Waals surface area contributed by atoms with Crippen molar-refractivity contribution in [3.05, 3.63) is 48.5 Å². The molecule has 0 bridgehead atoms. The smallest absolute Gasteiger partial charge is 0.222 e. The van der Waals surface area contributed by atoms with Crippen molar-refractivity contribution < 1.29 is 0 Å². The van der Waals surface area contributed by atoms with Crippen molar-refractivity contribution in [1.82, 2.24) is 25.0 Å². The first kappa shape index (κ1) is 11.6. The largest absolute Gasteiger partial charge is 0.399 e. The Morgan fingerprint density at radius 3 is 2.67 bits per heavy atom. The zero-order valence-corrected chi connectivity index (χ0v) is 10.9. The molecule has 0 atom stereocenters. The maximum atomic E-state index is 5.69. The molecule has 0 saturated heterocycles. The summed E-state index contributed by atoms with van der Waals surface area (Å²) in [6.07, 6.45) is 0. The van der Waals surface area contributed by atoms with Crippen molar-refractivity contribution in [1.29, 1.82) is 0 Å². The van der Waals surface area contributed by atoms with Gasteiger partial charge in [0.1, 0.15) is 0 Å². The van der Waals surface area contributed by atoms with Crippen molar-refractivity contribution in [2.24, 2.45) is 0 Å². The van der Waals surface area contributed by atoms with Gasteiger partial charge in [-0.25, -0.2) is 4.98 Å². The second kappa shape index (κ2) is 4.41. The molecular weight excluding hydrogens is 266 g/mol. The number of nitrogens with zero attached hydrogens (tertiary/aromatic N) is 5. The van der Waals surface area contributed by atoms with Crippen LogP contribution in [0.15, 0.2) is 48.5 Å². The van der Waals surface area contributed by atoms with Gasteiger partial charge in [0.05, 0.1) is 11.0 Å². The lowest BCUT2D eigenvalue weighted by Crippen LogP contribution is -2.01. The summed E-state index contributed by atoms with van der Waals surface area (Å²) in [6.45, 7) is 0. The number of hydrogen-bond acceptors (Lipinski definition) is 6. The fraction of sp³-hybridized carbons (Fsp3) is 0. The highest BCUT2D eigenvalue weighted by atomic mass is 15.5. The first-order valence-electron chi connectivity index (χ1n) is 6.41. The Morgan fingerprint density at radius 1 is 1.00 bits per heavy atom. The van der Waals surface area contributed by atoms with Gasteiger partial charge in [0, 0.05) is 11.4 Å². The van der Waals surface area contributed by atoms with Crippen molar-refractivity contribution in [3.63, 3.8) is 0 Å². The van der Waals surface area contributed by atoms with Crippen molar-refractivity contribution >= 4 is 33.9 Å². The molecular formula is C14H11N7. The average Bonchev–Trinajstić information content (AvgIpc) is 3.00. The molecule has 2 aromatic heterocycles. The van der Waals surface area contributed by atoms with E-state index in [2.05, 4.69) is 25.8 Å². The summed E-state index contributed by atoms with van der Waals surface area (Å²) < 4.78 is 1.67. The highest BCUT2D eigenvalue weighted by Gasteiger charge is 2.11. The molecule has 0 aliphatic carbocycles. The first-order valence-corrected chi connectivity index (χ1v) is 6.41. The third-order valence-electron chi connectivity index (χ3n) is 3.20. The Morgan fingerprint density at radius 2 is 1.81 bits per heavy atom. The SMILES string of the molecule is Nc1ccc(Nc2nc3ccccc3n3nnnc23)cc1. The Labute approximate surface area is 119 Å². The minimum absolute atomic E-state index is 0.575. The maximum absolute atomic E-state index is 5.69. The predicted molar refractivity (Wildman–Crippen MR) is 80.2 cm³/mol. The molecule has 0 aliphatic rings. The molecule has 102 valence electrons. The third-order valence-corrected chi connectivity index (χ3v) is 3.20. The van der Waals surface area contributed by atoms with E-state index in [9.17, 15) is 0 Å². The van der Waals surface area contributed by atoms with Crippen LogP contribution in [-0.2, 0) is 0 Å². The molecule has 7 nitrogen and oxygen atoms in total. The van der Waals surface area contributed by atoms with Gasteiger partial charge in [0.15, 0.2) is 5.82 Å². The highest BCUT2D eigenvalue weighted by molar-refractivity contribution is 5.83. The van der Waals surface area contributed by atoms with Gasteiger partial charge in [-0.05, 0) is 46.8 Å². The number of nitrogens with one attached hydrogen (secondary N) is 1. The third kappa shape index (κ3) is 1.91. The van der Waals surface area contributed by atoms with Crippen molar-refractivity contribution in [2.75, 3.05) is 11.1 Å². The molecule has 21 heavy (non-hydrogen) atoms. The number of aromatic nitrogens is 5. The topological polar surface area (TPSA) is 94.0 Å². The molecule has 4 aromatic rings. The van der Waals surface area contributed by atoms with E-state index >= 15 is 0 Å². The normalized spacial score (nSPS) is 11.0. The fourth-order valence-electron chi connectivity index (χ4n) is 2.19.